The number of likely N-dealkylation sites (tertiary alicyclic amines) is 1. The molecule has 0 radical (unpaired) electrons. The molecular formula is C22H30N2O4. The van der Waals surface area contributed by atoms with E-state index < -0.39 is 5.54 Å². The SMILES string of the molecule is [C-]#[N+]C1(c2ccc(OC)c(OC3CCCC3)c2)CCN(CCC(=O)OC)CC1. The van der Waals surface area contributed by atoms with Crippen LogP contribution in [0.4, 0.5) is 0 Å². The zero-order valence-corrected chi connectivity index (χ0v) is 16.9. The Labute approximate surface area is 167 Å². The van der Waals surface area contributed by atoms with Crippen molar-refractivity contribution in [2.24, 2.45) is 0 Å². The number of nitrogens with zero attached hydrogens (tertiary/aromatic N) is 2. The highest BCUT2D eigenvalue weighted by Crippen LogP contribution is 2.41. The molecule has 6 nitrogen and oxygen atoms in total. The smallest absolute Gasteiger partial charge is 0.306 e. The second-order valence-corrected chi connectivity index (χ2v) is 7.70. The molecule has 1 heterocycles. The molecule has 1 saturated carbocycles. The Hall–Kier alpha value is -2.26. The Morgan fingerprint density at radius 1 is 1.21 bits per heavy atom. The molecule has 0 bridgehead atoms. The summed E-state index contributed by atoms with van der Waals surface area (Å²) in [6.45, 7) is 10.2. The normalized spacial score (nSPS) is 19.8. The van der Waals surface area contributed by atoms with Gasteiger partial charge in [-0.3, -0.25) is 4.79 Å². The van der Waals surface area contributed by atoms with E-state index in [1.807, 2.05) is 18.2 Å². The van der Waals surface area contributed by atoms with Gasteiger partial charge in [-0.25, -0.2) is 6.57 Å². The molecule has 2 aliphatic rings. The molecule has 1 aliphatic heterocycles. The first kappa shape index (κ1) is 20.5. The van der Waals surface area contributed by atoms with Gasteiger partial charge in [0.25, 0.3) is 5.54 Å². The summed E-state index contributed by atoms with van der Waals surface area (Å²) in [4.78, 5) is 17.7. The average Bonchev–Trinajstić information content (AvgIpc) is 3.25. The van der Waals surface area contributed by atoms with Crippen LogP contribution in [0.3, 0.4) is 0 Å². The molecule has 2 fully saturated rings. The number of ether oxygens (including phenoxy) is 3. The van der Waals surface area contributed by atoms with Gasteiger partial charge in [-0.1, -0.05) is 0 Å². The largest absolute Gasteiger partial charge is 0.493 e. The molecule has 6 heteroatoms. The Morgan fingerprint density at radius 2 is 1.93 bits per heavy atom. The Kier molecular flexibility index (Phi) is 6.79. The molecule has 1 aromatic carbocycles. The van der Waals surface area contributed by atoms with Crippen LogP contribution in [0.1, 0.15) is 50.5 Å². The Bertz CT molecular complexity index is 714. The molecule has 0 spiro atoms. The third-order valence-electron chi connectivity index (χ3n) is 6.05. The van der Waals surface area contributed by atoms with Crippen LogP contribution in [-0.4, -0.2) is 50.8 Å². The molecule has 152 valence electrons. The zero-order chi connectivity index (χ0) is 20.0. The van der Waals surface area contributed by atoms with Crippen molar-refractivity contribution < 1.29 is 19.0 Å². The van der Waals surface area contributed by atoms with Gasteiger partial charge in [0.05, 0.1) is 26.7 Å². The summed E-state index contributed by atoms with van der Waals surface area (Å²) in [6.07, 6.45) is 6.70. The minimum atomic E-state index is -0.540. The van der Waals surface area contributed by atoms with Crippen LogP contribution in [0.2, 0.25) is 0 Å². The van der Waals surface area contributed by atoms with Gasteiger partial charge < -0.3 is 24.0 Å². The lowest BCUT2D eigenvalue weighted by atomic mass is 9.81. The number of hydrogen-bond donors (Lipinski definition) is 0. The van der Waals surface area contributed by atoms with Gasteiger partial charge in [0.15, 0.2) is 11.5 Å². The topological polar surface area (TPSA) is 52.4 Å². The second kappa shape index (κ2) is 9.29. The van der Waals surface area contributed by atoms with Crippen LogP contribution in [0.15, 0.2) is 18.2 Å². The highest BCUT2D eigenvalue weighted by Gasteiger charge is 2.43. The molecule has 1 saturated heterocycles. The summed E-state index contributed by atoms with van der Waals surface area (Å²) in [7, 11) is 3.07. The first-order valence-corrected chi connectivity index (χ1v) is 10.1. The number of rotatable bonds is 7. The molecule has 0 amide bonds. The maximum Gasteiger partial charge on any atom is 0.306 e. The van der Waals surface area contributed by atoms with Crippen LogP contribution in [0.25, 0.3) is 4.85 Å². The molecular weight excluding hydrogens is 356 g/mol. The van der Waals surface area contributed by atoms with Gasteiger partial charge in [0.2, 0.25) is 0 Å². The maximum absolute atomic E-state index is 11.4. The number of piperidine rings is 1. The lowest BCUT2D eigenvalue weighted by molar-refractivity contribution is -0.141. The van der Waals surface area contributed by atoms with E-state index in [1.54, 1.807) is 7.11 Å². The summed E-state index contributed by atoms with van der Waals surface area (Å²) in [5.41, 5.74) is 0.464. The van der Waals surface area contributed by atoms with E-state index in [9.17, 15) is 4.79 Å². The maximum atomic E-state index is 11.4. The first-order valence-electron chi connectivity index (χ1n) is 10.1. The van der Waals surface area contributed by atoms with Gasteiger partial charge in [0, 0.05) is 38.0 Å². The predicted octanol–water partition coefficient (Wildman–Crippen LogP) is 3.79. The summed E-state index contributed by atoms with van der Waals surface area (Å²) in [6, 6.07) is 5.94. The van der Waals surface area contributed by atoms with E-state index in [1.165, 1.54) is 20.0 Å². The van der Waals surface area contributed by atoms with Crippen molar-refractivity contribution in [3.8, 4) is 11.5 Å². The van der Waals surface area contributed by atoms with E-state index in [0.29, 0.717) is 13.0 Å². The Morgan fingerprint density at radius 3 is 2.54 bits per heavy atom. The predicted molar refractivity (Wildman–Crippen MR) is 106 cm³/mol. The van der Waals surface area contributed by atoms with Crippen LogP contribution < -0.4 is 9.47 Å². The van der Waals surface area contributed by atoms with Crippen molar-refractivity contribution in [1.82, 2.24) is 4.90 Å². The summed E-state index contributed by atoms with van der Waals surface area (Å²) >= 11 is 0. The molecule has 0 atom stereocenters. The molecule has 1 aliphatic carbocycles. The summed E-state index contributed by atoms with van der Waals surface area (Å²) < 4.78 is 16.4. The fourth-order valence-electron chi connectivity index (χ4n) is 4.21. The summed E-state index contributed by atoms with van der Waals surface area (Å²) in [5, 5.41) is 0. The third kappa shape index (κ3) is 4.59. The van der Waals surface area contributed by atoms with Gasteiger partial charge in [-0.2, -0.15) is 0 Å². The number of hydrogen-bond acceptors (Lipinski definition) is 5. The highest BCUT2D eigenvalue weighted by molar-refractivity contribution is 5.69. The van der Waals surface area contributed by atoms with Crippen molar-refractivity contribution in [2.45, 2.75) is 56.6 Å². The van der Waals surface area contributed by atoms with Crippen molar-refractivity contribution in [3.63, 3.8) is 0 Å². The molecule has 1 aromatic rings. The van der Waals surface area contributed by atoms with E-state index >= 15 is 0 Å². The van der Waals surface area contributed by atoms with E-state index in [2.05, 4.69) is 9.74 Å². The second-order valence-electron chi connectivity index (χ2n) is 7.70. The molecule has 3 rings (SSSR count). The van der Waals surface area contributed by atoms with Gasteiger partial charge in [-0.15, -0.1) is 0 Å². The fraction of sp³-hybridized carbons (Fsp3) is 0.636. The Balaban J connectivity index is 1.71. The molecule has 0 N–H and O–H groups in total. The minimum absolute atomic E-state index is 0.189. The quantitative estimate of drug-likeness (QED) is 0.527. The molecule has 28 heavy (non-hydrogen) atoms. The number of esters is 1. The monoisotopic (exact) mass is 386 g/mol. The van der Waals surface area contributed by atoms with Crippen molar-refractivity contribution in [2.75, 3.05) is 33.9 Å². The van der Waals surface area contributed by atoms with Crippen molar-refractivity contribution >= 4 is 5.97 Å². The van der Waals surface area contributed by atoms with Crippen LogP contribution >= 0.6 is 0 Å². The van der Waals surface area contributed by atoms with E-state index in [-0.39, 0.29) is 12.1 Å². The van der Waals surface area contributed by atoms with Gasteiger partial charge in [0.1, 0.15) is 0 Å². The summed E-state index contributed by atoms with van der Waals surface area (Å²) in [5.74, 6) is 1.29. The lowest BCUT2D eigenvalue weighted by Crippen LogP contribution is -2.41. The zero-order valence-electron chi connectivity index (χ0n) is 16.9. The third-order valence-corrected chi connectivity index (χ3v) is 6.05. The number of methoxy groups -OCH3 is 2. The molecule has 0 aromatic heterocycles. The van der Waals surface area contributed by atoms with Crippen molar-refractivity contribution in [3.05, 3.63) is 35.2 Å². The highest BCUT2D eigenvalue weighted by atomic mass is 16.5. The van der Waals surface area contributed by atoms with Gasteiger partial charge >= 0.3 is 5.97 Å². The minimum Gasteiger partial charge on any atom is -0.493 e. The van der Waals surface area contributed by atoms with Crippen molar-refractivity contribution in [1.29, 1.82) is 0 Å². The molecule has 0 unspecified atom stereocenters. The van der Waals surface area contributed by atoms with Gasteiger partial charge in [-0.05, 0) is 43.9 Å². The van der Waals surface area contributed by atoms with Crippen LogP contribution in [0.5, 0.6) is 11.5 Å². The van der Waals surface area contributed by atoms with Crippen LogP contribution in [-0.2, 0) is 15.1 Å². The van der Waals surface area contributed by atoms with E-state index in [0.717, 1.165) is 55.8 Å². The average molecular weight is 386 g/mol. The number of carbonyl (C=O) groups excluding carboxylic acids is 1. The first-order chi connectivity index (χ1) is 13.6. The standard InChI is InChI=1S/C22H30N2O4/c1-23-22(11-14-24(15-12-22)13-10-21(25)27-3)17-8-9-19(26-2)20(16-17)28-18-6-4-5-7-18/h8-9,16,18H,4-7,10-15H2,2-3H3. The van der Waals surface area contributed by atoms with E-state index in [4.69, 9.17) is 20.8 Å². The number of carbonyl (C=O) groups is 1. The lowest BCUT2D eigenvalue weighted by Gasteiger charge is -2.34. The number of benzene rings is 1. The van der Waals surface area contributed by atoms with Crippen LogP contribution in [0, 0.1) is 6.57 Å². The fourth-order valence-corrected chi connectivity index (χ4v) is 4.21.